The molecule has 2 nitrogen and oxygen atoms in total. The van der Waals surface area contributed by atoms with Crippen LogP contribution in [0.25, 0.3) is 16.5 Å². The molecule has 0 aliphatic carbocycles. The average Bonchev–Trinajstić information content (AvgIpc) is 2.53. The van der Waals surface area contributed by atoms with E-state index in [4.69, 9.17) is 5.26 Å². The zero-order chi connectivity index (χ0) is 10.1. The van der Waals surface area contributed by atoms with Crippen LogP contribution in [0.4, 0.5) is 0 Å². The van der Waals surface area contributed by atoms with E-state index in [2.05, 4.69) is 17.6 Å². The third-order valence-corrected chi connectivity index (χ3v) is 2.33. The van der Waals surface area contributed by atoms with E-state index < -0.39 is 0 Å². The monoisotopic (exact) mass is 182 g/mol. The van der Waals surface area contributed by atoms with Gasteiger partial charge in [-0.2, -0.15) is 5.26 Å². The Hall–Kier alpha value is -2.01. The molecule has 2 aromatic rings. The molecule has 0 saturated carbocycles. The molecule has 0 bridgehead atoms. The summed E-state index contributed by atoms with van der Waals surface area (Å²) in [6, 6.07) is 10.0. The molecule has 0 unspecified atom stereocenters. The first-order valence-electron chi connectivity index (χ1n) is 4.40. The lowest BCUT2D eigenvalue weighted by Gasteiger charge is -1.95. The molecule has 2 heteroatoms. The van der Waals surface area contributed by atoms with Gasteiger partial charge in [-0.1, -0.05) is 24.8 Å². The van der Waals surface area contributed by atoms with Crippen LogP contribution in [0.5, 0.6) is 0 Å². The van der Waals surface area contributed by atoms with Crippen molar-refractivity contribution in [3.63, 3.8) is 0 Å². The molecular formula is C12H10N2. The number of benzene rings is 1. The highest BCUT2D eigenvalue weighted by atomic mass is 14.7. The number of nitriles is 1. The summed E-state index contributed by atoms with van der Waals surface area (Å²) in [5.41, 5.74) is 3.50. The number of aryl methyl sites for hydroxylation is 1. The molecule has 0 fully saturated rings. The minimum absolute atomic E-state index is 0.514. The van der Waals surface area contributed by atoms with Crippen LogP contribution in [-0.4, -0.2) is 4.98 Å². The third-order valence-electron chi connectivity index (χ3n) is 2.33. The maximum atomic E-state index is 8.83. The van der Waals surface area contributed by atoms with Gasteiger partial charge < -0.3 is 4.98 Å². The minimum Gasteiger partial charge on any atom is -0.358 e. The third kappa shape index (κ3) is 1.11. The molecule has 0 atom stereocenters. The lowest BCUT2D eigenvalue weighted by molar-refractivity contribution is 1.29. The van der Waals surface area contributed by atoms with Crippen molar-refractivity contribution in [2.45, 2.75) is 6.92 Å². The SMILES string of the molecule is C=C(C#N)c1c(C)[nH]c2ccccc12. The maximum Gasteiger partial charge on any atom is 0.0992 e. The molecule has 1 N–H and O–H groups in total. The second kappa shape index (κ2) is 3.04. The number of aromatic amines is 1. The molecular weight excluding hydrogens is 172 g/mol. The smallest absolute Gasteiger partial charge is 0.0992 e. The number of nitrogens with zero attached hydrogens (tertiary/aromatic N) is 1. The Morgan fingerprint density at radius 2 is 2.14 bits per heavy atom. The van der Waals surface area contributed by atoms with E-state index in [0.717, 1.165) is 22.2 Å². The van der Waals surface area contributed by atoms with E-state index in [-0.39, 0.29) is 0 Å². The number of aromatic nitrogens is 1. The Bertz CT molecular complexity index is 541. The number of nitrogens with one attached hydrogen (secondary N) is 1. The van der Waals surface area contributed by atoms with E-state index in [1.807, 2.05) is 31.2 Å². The lowest BCUT2D eigenvalue weighted by atomic mass is 10.1. The standard InChI is InChI=1S/C12H10N2/c1-8(7-13)12-9(2)14-11-6-4-3-5-10(11)12/h3-6,14H,1H2,2H3. The predicted molar refractivity (Wildman–Crippen MR) is 57.7 cm³/mol. The molecule has 68 valence electrons. The van der Waals surface area contributed by atoms with E-state index in [9.17, 15) is 0 Å². The highest BCUT2D eigenvalue weighted by Crippen LogP contribution is 2.26. The molecule has 0 radical (unpaired) electrons. The van der Waals surface area contributed by atoms with Crippen LogP contribution in [0, 0.1) is 18.3 Å². The summed E-state index contributed by atoms with van der Waals surface area (Å²) in [4.78, 5) is 3.23. The predicted octanol–water partition coefficient (Wildman–Crippen LogP) is 3.01. The van der Waals surface area contributed by atoms with Crippen LogP contribution in [0.15, 0.2) is 30.8 Å². The summed E-state index contributed by atoms with van der Waals surface area (Å²) in [7, 11) is 0. The van der Waals surface area contributed by atoms with Crippen LogP contribution >= 0.6 is 0 Å². The molecule has 0 amide bonds. The van der Waals surface area contributed by atoms with Crippen molar-refractivity contribution in [1.82, 2.24) is 4.98 Å². The van der Waals surface area contributed by atoms with E-state index in [1.165, 1.54) is 0 Å². The molecule has 0 aliphatic heterocycles. The fraction of sp³-hybridized carbons (Fsp3) is 0.0833. The molecule has 0 saturated heterocycles. The molecule has 1 aromatic carbocycles. The van der Waals surface area contributed by atoms with Crippen molar-refractivity contribution in [2.75, 3.05) is 0 Å². The minimum atomic E-state index is 0.514. The van der Waals surface area contributed by atoms with Crippen LogP contribution in [-0.2, 0) is 0 Å². The summed E-state index contributed by atoms with van der Waals surface area (Å²) in [5.74, 6) is 0. The molecule has 2 rings (SSSR count). The Labute approximate surface area is 82.5 Å². The van der Waals surface area contributed by atoms with Crippen LogP contribution < -0.4 is 0 Å². The Balaban J connectivity index is 2.82. The van der Waals surface area contributed by atoms with Gasteiger partial charge >= 0.3 is 0 Å². The number of H-pyrrole nitrogens is 1. The zero-order valence-electron chi connectivity index (χ0n) is 7.96. The van der Waals surface area contributed by atoms with Crippen molar-refractivity contribution in [3.8, 4) is 6.07 Å². The number of hydrogen-bond donors (Lipinski definition) is 1. The number of allylic oxidation sites excluding steroid dienone is 1. The van der Waals surface area contributed by atoms with Gasteiger partial charge in [-0.3, -0.25) is 0 Å². The van der Waals surface area contributed by atoms with Crippen molar-refractivity contribution >= 4 is 16.5 Å². The topological polar surface area (TPSA) is 39.6 Å². The largest absolute Gasteiger partial charge is 0.358 e. The lowest BCUT2D eigenvalue weighted by Crippen LogP contribution is -1.80. The van der Waals surface area contributed by atoms with Crippen molar-refractivity contribution in [2.24, 2.45) is 0 Å². The Morgan fingerprint density at radius 1 is 1.43 bits per heavy atom. The quantitative estimate of drug-likeness (QED) is 0.676. The zero-order valence-corrected chi connectivity index (χ0v) is 7.96. The van der Waals surface area contributed by atoms with Gasteiger partial charge in [0.2, 0.25) is 0 Å². The number of para-hydroxylation sites is 1. The first-order valence-corrected chi connectivity index (χ1v) is 4.40. The maximum absolute atomic E-state index is 8.83. The number of hydrogen-bond acceptors (Lipinski definition) is 1. The molecule has 1 aromatic heterocycles. The van der Waals surface area contributed by atoms with E-state index in [0.29, 0.717) is 5.57 Å². The Morgan fingerprint density at radius 3 is 2.86 bits per heavy atom. The summed E-state index contributed by atoms with van der Waals surface area (Å²) < 4.78 is 0. The second-order valence-electron chi connectivity index (χ2n) is 3.26. The van der Waals surface area contributed by atoms with Crippen molar-refractivity contribution in [1.29, 1.82) is 5.26 Å². The van der Waals surface area contributed by atoms with Gasteiger partial charge in [0.1, 0.15) is 0 Å². The first kappa shape index (κ1) is 8.58. The fourth-order valence-electron chi connectivity index (χ4n) is 1.72. The average molecular weight is 182 g/mol. The van der Waals surface area contributed by atoms with Gasteiger partial charge in [0, 0.05) is 22.2 Å². The normalized spacial score (nSPS) is 10.0. The summed E-state index contributed by atoms with van der Waals surface area (Å²) >= 11 is 0. The van der Waals surface area contributed by atoms with Gasteiger partial charge in [0.05, 0.1) is 11.6 Å². The van der Waals surface area contributed by atoms with E-state index in [1.54, 1.807) is 0 Å². The van der Waals surface area contributed by atoms with Crippen LogP contribution in [0.2, 0.25) is 0 Å². The van der Waals surface area contributed by atoms with Crippen molar-refractivity contribution < 1.29 is 0 Å². The van der Waals surface area contributed by atoms with Gasteiger partial charge in [-0.05, 0) is 13.0 Å². The number of fused-ring (bicyclic) bond motifs is 1. The van der Waals surface area contributed by atoms with Crippen molar-refractivity contribution in [3.05, 3.63) is 42.1 Å². The first-order chi connectivity index (χ1) is 6.74. The van der Waals surface area contributed by atoms with E-state index >= 15 is 0 Å². The van der Waals surface area contributed by atoms with Gasteiger partial charge in [-0.15, -0.1) is 0 Å². The fourth-order valence-corrected chi connectivity index (χ4v) is 1.72. The molecule has 1 heterocycles. The summed E-state index contributed by atoms with van der Waals surface area (Å²) in [6.07, 6.45) is 0. The molecule has 14 heavy (non-hydrogen) atoms. The number of rotatable bonds is 1. The van der Waals surface area contributed by atoms with Gasteiger partial charge in [-0.25, -0.2) is 0 Å². The van der Waals surface area contributed by atoms with Gasteiger partial charge in [0.25, 0.3) is 0 Å². The second-order valence-corrected chi connectivity index (χ2v) is 3.26. The molecule has 0 aliphatic rings. The highest BCUT2D eigenvalue weighted by Gasteiger charge is 2.09. The highest BCUT2D eigenvalue weighted by molar-refractivity contribution is 5.96. The van der Waals surface area contributed by atoms with Crippen LogP contribution in [0.3, 0.4) is 0 Å². The summed E-state index contributed by atoms with van der Waals surface area (Å²) in [5, 5.41) is 9.89. The van der Waals surface area contributed by atoms with Gasteiger partial charge in [0.15, 0.2) is 0 Å². The Kier molecular flexibility index (Phi) is 1.86. The van der Waals surface area contributed by atoms with Crippen LogP contribution in [0.1, 0.15) is 11.3 Å². The molecule has 0 spiro atoms. The summed E-state index contributed by atoms with van der Waals surface area (Å²) in [6.45, 7) is 5.70.